The summed E-state index contributed by atoms with van der Waals surface area (Å²) < 4.78 is 5.67. The average Bonchev–Trinajstić information content (AvgIpc) is 2.97. The second kappa shape index (κ2) is 6.48. The molecule has 4 rings (SSSR count). The van der Waals surface area contributed by atoms with E-state index in [1.807, 2.05) is 11.0 Å². The molecule has 1 N–H and O–H groups in total. The quantitative estimate of drug-likeness (QED) is 0.851. The predicted octanol–water partition coefficient (Wildman–Crippen LogP) is 1.68. The van der Waals surface area contributed by atoms with Gasteiger partial charge in [0, 0.05) is 48.2 Å². The van der Waals surface area contributed by atoms with E-state index < -0.39 is 0 Å². The van der Waals surface area contributed by atoms with Crippen LogP contribution in [0.4, 0.5) is 0 Å². The van der Waals surface area contributed by atoms with Gasteiger partial charge in [-0.25, -0.2) is 0 Å². The number of hydrogen-bond acceptors (Lipinski definition) is 4. The molecule has 3 heterocycles. The summed E-state index contributed by atoms with van der Waals surface area (Å²) in [6, 6.07) is 4.12. The molecule has 0 spiro atoms. The molecule has 2 aliphatic heterocycles. The fourth-order valence-corrected chi connectivity index (χ4v) is 4.71. The van der Waals surface area contributed by atoms with Gasteiger partial charge in [0.25, 0.3) is 0 Å². The van der Waals surface area contributed by atoms with Gasteiger partial charge in [0.15, 0.2) is 0 Å². The van der Waals surface area contributed by atoms with Gasteiger partial charge in [0.2, 0.25) is 11.8 Å². The third kappa shape index (κ3) is 3.22. The number of likely N-dealkylation sites (tertiary alicyclic amines) is 1. The topological polar surface area (TPSA) is 58.6 Å². The van der Waals surface area contributed by atoms with E-state index in [0.717, 1.165) is 25.8 Å². The molecule has 0 unspecified atom stereocenters. The fourth-order valence-electron chi connectivity index (χ4n) is 4.00. The van der Waals surface area contributed by atoms with Crippen molar-refractivity contribution in [1.29, 1.82) is 0 Å². The van der Waals surface area contributed by atoms with E-state index in [0.29, 0.717) is 44.5 Å². The molecule has 1 aliphatic carbocycles. The van der Waals surface area contributed by atoms with Gasteiger partial charge in [-0.05, 0) is 30.7 Å². The largest absolute Gasteiger partial charge is 0.380 e. The Labute approximate surface area is 146 Å². The number of thiophene rings is 1. The van der Waals surface area contributed by atoms with E-state index in [2.05, 4.69) is 16.8 Å². The van der Waals surface area contributed by atoms with Gasteiger partial charge in [0.05, 0.1) is 13.2 Å². The molecular formula is C18H24N2O3S. The van der Waals surface area contributed by atoms with Crippen LogP contribution in [0.2, 0.25) is 0 Å². The van der Waals surface area contributed by atoms with E-state index >= 15 is 0 Å². The Kier molecular flexibility index (Phi) is 4.35. The number of hydrogen-bond donors (Lipinski definition) is 1. The molecular weight excluding hydrogens is 324 g/mol. The Morgan fingerprint density at radius 1 is 1.42 bits per heavy atom. The standard InChI is InChI=1S/C18H24N2O3S/c21-16(19-6-5-15-2-1-7-24-15)8-18-11-20(17(22)13-3-4-13)9-14(18)10-23-12-18/h1-2,7,13-14H,3-6,8-12H2,(H,19,21)/t14-,18+/m1/s1. The summed E-state index contributed by atoms with van der Waals surface area (Å²) in [7, 11) is 0. The smallest absolute Gasteiger partial charge is 0.225 e. The van der Waals surface area contributed by atoms with Crippen molar-refractivity contribution in [3.05, 3.63) is 22.4 Å². The highest BCUT2D eigenvalue weighted by atomic mass is 32.1. The van der Waals surface area contributed by atoms with Gasteiger partial charge in [-0.1, -0.05) is 6.07 Å². The van der Waals surface area contributed by atoms with Gasteiger partial charge in [-0.2, -0.15) is 0 Å². The Morgan fingerprint density at radius 2 is 2.29 bits per heavy atom. The van der Waals surface area contributed by atoms with Gasteiger partial charge in [-0.15, -0.1) is 11.3 Å². The summed E-state index contributed by atoms with van der Waals surface area (Å²) in [4.78, 5) is 28.1. The summed E-state index contributed by atoms with van der Waals surface area (Å²) in [5.74, 6) is 0.939. The van der Waals surface area contributed by atoms with Crippen molar-refractivity contribution in [3.63, 3.8) is 0 Å². The molecule has 24 heavy (non-hydrogen) atoms. The minimum Gasteiger partial charge on any atom is -0.380 e. The maximum absolute atomic E-state index is 12.4. The number of nitrogens with zero attached hydrogens (tertiary/aromatic N) is 1. The number of amides is 2. The summed E-state index contributed by atoms with van der Waals surface area (Å²) in [5, 5.41) is 5.10. The van der Waals surface area contributed by atoms with Crippen molar-refractivity contribution < 1.29 is 14.3 Å². The molecule has 2 saturated heterocycles. The van der Waals surface area contributed by atoms with Crippen molar-refractivity contribution in [2.45, 2.75) is 25.7 Å². The van der Waals surface area contributed by atoms with Gasteiger partial charge >= 0.3 is 0 Å². The first-order valence-electron chi connectivity index (χ1n) is 8.82. The summed E-state index contributed by atoms with van der Waals surface area (Å²) in [5.41, 5.74) is -0.169. The Hall–Kier alpha value is -1.40. The van der Waals surface area contributed by atoms with E-state index in [4.69, 9.17) is 4.74 Å². The number of rotatable bonds is 6. The molecule has 130 valence electrons. The minimum atomic E-state index is -0.169. The Balaban J connectivity index is 1.31. The molecule has 0 aromatic carbocycles. The summed E-state index contributed by atoms with van der Waals surface area (Å²) in [6.45, 7) is 3.40. The summed E-state index contributed by atoms with van der Waals surface area (Å²) >= 11 is 1.72. The van der Waals surface area contributed by atoms with Crippen molar-refractivity contribution in [2.24, 2.45) is 17.3 Å². The van der Waals surface area contributed by atoms with E-state index in [1.54, 1.807) is 11.3 Å². The van der Waals surface area contributed by atoms with Crippen LogP contribution in [0, 0.1) is 17.3 Å². The zero-order valence-electron chi connectivity index (χ0n) is 13.8. The van der Waals surface area contributed by atoms with E-state index in [1.165, 1.54) is 4.88 Å². The lowest BCUT2D eigenvalue weighted by Crippen LogP contribution is -2.39. The third-order valence-electron chi connectivity index (χ3n) is 5.55. The first kappa shape index (κ1) is 16.1. The van der Waals surface area contributed by atoms with E-state index in [9.17, 15) is 9.59 Å². The molecule has 5 nitrogen and oxygen atoms in total. The number of nitrogens with one attached hydrogen (secondary N) is 1. The van der Waals surface area contributed by atoms with Gasteiger partial charge in [-0.3, -0.25) is 9.59 Å². The van der Waals surface area contributed by atoms with Gasteiger partial charge < -0.3 is 15.0 Å². The minimum absolute atomic E-state index is 0.0859. The second-order valence-corrected chi connectivity index (χ2v) is 8.46. The third-order valence-corrected chi connectivity index (χ3v) is 6.48. The van der Waals surface area contributed by atoms with Crippen LogP contribution in [0.1, 0.15) is 24.1 Å². The number of carbonyl (C=O) groups excluding carboxylic acids is 2. The monoisotopic (exact) mass is 348 g/mol. The van der Waals surface area contributed by atoms with Crippen LogP contribution in [0.3, 0.4) is 0 Å². The maximum atomic E-state index is 12.4. The lowest BCUT2D eigenvalue weighted by Gasteiger charge is -2.26. The highest BCUT2D eigenvalue weighted by Crippen LogP contribution is 2.45. The molecule has 2 amide bonds. The molecule has 6 heteroatoms. The van der Waals surface area contributed by atoms with Crippen LogP contribution in [-0.4, -0.2) is 49.6 Å². The molecule has 1 aromatic heterocycles. The fraction of sp³-hybridized carbons (Fsp3) is 0.667. The highest BCUT2D eigenvalue weighted by molar-refractivity contribution is 7.09. The molecule has 0 radical (unpaired) electrons. The molecule has 3 aliphatic rings. The molecule has 1 saturated carbocycles. The summed E-state index contributed by atoms with van der Waals surface area (Å²) in [6.07, 6.45) is 3.42. The predicted molar refractivity (Wildman–Crippen MR) is 91.7 cm³/mol. The lowest BCUT2D eigenvalue weighted by molar-refractivity contribution is -0.133. The van der Waals surface area contributed by atoms with Crippen LogP contribution in [0.15, 0.2) is 17.5 Å². The zero-order valence-corrected chi connectivity index (χ0v) is 14.6. The first-order valence-corrected chi connectivity index (χ1v) is 9.70. The van der Waals surface area contributed by atoms with Crippen LogP contribution >= 0.6 is 11.3 Å². The van der Waals surface area contributed by atoms with Crippen molar-refractivity contribution >= 4 is 23.2 Å². The van der Waals surface area contributed by atoms with Crippen molar-refractivity contribution in [1.82, 2.24) is 10.2 Å². The molecule has 1 aromatic rings. The zero-order chi connectivity index (χ0) is 16.6. The Bertz CT molecular complexity index is 614. The van der Waals surface area contributed by atoms with Crippen LogP contribution in [-0.2, 0) is 20.7 Å². The van der Waals surface area contributed by atoms with Crippen LogP contribution in [0.5, 0.6) is 0 Å². The highest BCUT2D eigenvalue weighted by Gasteiger charge is 2.53. The normalized spacial score (nSPS) is 28.8. The number of carbonyl (C=O) groups is 2. The van der Waals surface area contributed by atoms with Crippen molar-refractivity contribution in [3.8, 4) is 0 Å². The van der Waals surface area contributed by atoms with Crippen molar-refractivity contribution in [2.75, 3.05) is 32.8 Å². The molecule has 2 atom stereocenters. The average molecular weight is 348 g/mol. The SMILES string of the molecule is O=C(C[C@]12COC[C@H]1CN(C(=O)C1CC1)C2)NCCc1cccs1. The first-order chi connectivity index (χ1) is 11.7. The van der Waals surface area contributed by atoms with Crippen LogP contribution < -0.4 is 5.32 Å². The lowest BCUT2D eigenvalue weighted by atomic mass is 9.78. The van der Waals surface area contributed by atoms with E-state index in [-0.39, 0.29) is 17.2 Å². The molecule has 3 fully saturated rings. The number of ether oxygens (including phenoxy) is 1. The van der Waals surface area contributed by atoms with Crippen LogP contribution in [0.25, 0.3) is 0 Å². The molecule has 0 bridgehead atoms. The second-order valence-electron chi connectivity index (χ2n) is 7.42. The van der Waals surface area contributed by atoms with Gasteiger partial charge in [0.1, 0.15) is 0 Å². The Morgan fingerprint density at radius 3 is 3.04 bits per heavy atom. The maximum Gasteiger partial charge on any atom is 0.225 e. The number of fused-ring (bicyclic) bond motifs is 1.